The number of benzene rings is 6. The highest BCUT2D eigenvalue weighted by atomic mass is 16.6. The van der Waals surface area contributed by atoms with Crippen LogP contribution in [0.3, 0.4) is 0 Å². The van der Waals surface area contributed by atoms with Crippen LogP contribution < -0.4 is 9.80 Å². The lowest BCUT2D eigenvalue weighted by Gasteiger charge is -2.32. The standard InChI is InChI=1S/C31H27N3O4.C31H29N3O3/c1-33-24-12-13-25(23-11-6-5-10-22(23)24)34-28(35)26-27(29(34)36)31(16-15-30(26,38-31)14-7-18-32)17-19-37-20-21-8-3-2-4-9-21;32-17-6-13-30-14-15-31(37-30,16-18-36-21-22-7-2-1-3-8-22)28-26(30)20-34(29(28)35)27-12-11-23(19-33)24-9-4-5-10-25(24)27/h2-6,8-13,26-27H,7,14-17,19-20H2;1-5,7-12,26,28H,6,13-16,18,20-21H2/t26-,27+,30?,31?;26-,28-,30?,31?/m10/s1. The molecule has 3 amide bonds. The molecule has 376 valence electrons. The number of fused-ring (bicyclic) bond motifs is 12. The maximum Gasteiger partial charge on any atom is 0.240 e. The summed E-state index contributed by atoms with van der Waals surface area (Å²) >= 11 is 0. The van der Waals surface area contributed by atoms with Crippen LogP contribution in [0.2, 0.25) is 0 Å². The lowest BCUT2D eigenvalue weighted by molar-refractivity contribution is -0.133. The van der Waals surface area contributed by atoms with E-state index in [-0.39, 0.29) is 36.0 Å². The lowest BCUT2D eigenvalue weighted by atomic mass is 9.65. The number of ether oxygens (including phenoxy) is 4. The van der Waals surface area contributed by atoms with E-state index in [0.717, 1.165) is 40.4 Å². The van der Waals surface area contributed by atoms with Crippen molar-refractivity contribution < 1.29 is 33.3 Å². The minimum absolute atomic E-state index is 0.0330. The highest BCUT2D eigenvalue weighted by Crippen LogP contribution is 2.65. The second-order valence-electron chi connectivity index (χ2n) is 20.9. The van der Waals surface area contributed by atoms with E-state index in [9.17, 15) is 30.2 Å². The third-order valence-corrected chi connectivity index (χ3v) is 17.2. The van der Waals surface area contributed by atoms with E-state index in [1.165, 1.54) is 4.90 Å². The molecule has 0 radical (unpaired) electrons. The molecule has 75 heavy (non-hydrogen) atoms. The number of nitriles is 3. The highest BCUT2D eigenvalue weighted by molar-refractivity contribution is 6.26. The summed E-state index contributed by atoms with van der Waals surface area (Å²) in [7, 11) is 0. The van der Waals surface area contributed by atoms with E-state index >= 15 is 0 Å². The van der Waals surface area contributed by atoms with E-state index < -0.39 is 34.2 Å². The number of imide groups is 1. The van der Waals surface area contributed by atoms with Gasteiger partial charge in [-0.1, -0.05) is 115 Å². The van der Waals surface area contributed by atoms with Gasteiger partial charge in [0, 0.05) is 62.1 Å². The number of nitrogens with zero attached hydrogens (tertiary/aromatic N) is 6. The van der Waals surface area contributed by atoms with Gasteiger partial charge in [-0.25, -0.2) is 9.74 Å². The summed E-state index contributed by atoms with van der Waals surface area (Å²) in [6.07, 6.45) is 5.85. The van der Waals surface area contributed by atoms with Gasteiger partial charge in [-0.2, -0.15) is 15.8 Å². The van der Waals surface area contributed by atoms with Crippen LogP contribution in [0.1, 0.15) is 80.9 Å². The monoisotopic (exact) mass is 996 g/mol. The normalized spacial score (nSPS) is 27.7. The molecule has 6 heterocycles. The molecule has 0 saturated carbocycles. The van der Waals surface area contributed by atoms with Crippen LogP contribution in [0.25, 0.3) is 26.4 Å². The number of carbonyl (C=O) groups excluding carboxylic acids is 3. The van der Waals surface area contributed by atoms with Crippen molar-refractivity contribution >= 4 is 56.3 Å². The van der Waals surface area contributed by atoms with Gasteiger partial charge in [-0.15, -0.1) is 0 Å². The predicted molar refractivity (Wildman–Crippen MR) is 280 cm³/mol. The van der Waals surface area contributed by atoms with Gasteiger partial charge in [-0.05, 0) is 78.6 Å². The molecule has 6 saturated heterocycles. The summed E-state index contributed by atoms with van der Waals surface area (Å²) in [5, 5.41) is 31.5. The Morgan fingerprint density at radius 2 is 1.03 bits per heavy atom. The molecular formula is C62H56N6O7. The Hall–Kier alpha value is -7.75. The second-order valence-corrected chi connectivity index (χ2v) is 20.9. The fourth-order valence-electron chi connectivity index (χ4n) is 13.8. The Morgan fingerprint density at radius 1 is 0.547 bits per heavy atom. The first kappa shape index (κ1) is 49.5. The topological polar surface area (TPSA) is 170 Å². The molecule has 4 bridgehead atoms. The molecule has 0 aliphatic carbocycles. The van der Waals surface area contributed by atoms with E-state index in [1.807, 2.05) is 126 Å². The fraction of sp³-hybridized carbons (Fsp3) is 0.371. The third kappa shape index (κ3) is 8.42. The minimum Gasteiger partial charge on any atom is -0.377 e. The molecule has 6 fully saturated rings. The molecule has 0 N–H and O–H groups in total. The van der Waals surface area contributed by atoms with Crippen molar-refractivity contribution in [3.05, 3.63) is 162 Å². The van der Waals surface area contributed by atoms with Crippen LogP contribution in [0, 0.1) is 64.2 Å². The van der Waals surface area contributed by atoms with Gasteiger partial charge in [-0.3, -0.25) is 14.4 Å². The Labute approximate surface area is 436 Å². The largest absolute Gasteiger partial charge is 0.377 e. The van der Waals surface area contributed by atoms with Gasteiger partial charge in [0.15, 0.2) is 5.69 Å². The average molecular weight is 997 g/mol. The zero-order chi connectivity index (χ0) is 51.8. The van der Waals surface area contributed by atoms with Crippen LogP contribution in [-0.4, -0.2) is 59.9 Å². The summed E-state index contributed by atoms with van der Waals surface area (Å²) in [4.78, 5) is 49.1. The minimum atomic E-state index is -0.826. The molecule has 13 nitrogen and oxygen atoms in total. The first-order valence-corrected chi connectivity index (χ1v) is 26.0. The quantitative estimate of drug-likeness (QED) is 0.0516. The van der Waals surface area contributed by atoms with E-state index in [1.54, 1.807) is 12.1 Å². The van der Waals surface area contributed by atoms with E-state index in [0.29, 0.717) is 106 Å². The fourth-order valence-corrected chi connectivity index (χ4v) is 13.8. The number of hydrogen-bond donors (Lipinski definition) is 0. The molecule has 0 spiro atoms. The van der Waals surface area contributed by atoms with Gasteiger partial charge >= 0.3 is 0 Å². The van der Waals surface area contributed by atoms with Crippen molar-refractivity contribution in [3.8, 4) is 18.2 Å². The second kappa shape index (κ2) is 20.2. The van der Waals surface area contributed by atoms with Crippen LogP contribution in [-0.2, 0) is 46.5 Å². The van der Waals surface area contributed by atoms with Crippen LogP contribution >= 0.6 is 0 Å². The molecule has 6 aromatic rings. The SMILES string of the molecule is N#CCCC12CCC(CCOCc3ccccc3)(O1)[C@@H]1C(=O)N(c3ccc(C#N)c4ccccc34)C[C@@H]12.[C-]#[N+]c1ccc(N2C(=O)[C@@H]3[C@H](C2=O)C2(CCC#N)CCC3(CCOCc3ccccc3)O2)c2ccccc12. The summed E-state index contributed by atoms with van der Waals surface area (Å²) in [6.45, 7) is 9.99. The van der Waals surface area contributed by atoms with Crippen molar-refractivity contribution in [3.63, 3.8) is 0 Å². The predicted octanol–water partition coefficient (Wildman–Crippen LogP) is 11.2. The maximum atomic E-state index is 14.1. The number of amides is 3. The van der Waals surface area contributed by atoms with Gasteiger partial charge in [0.05, 0.1) is 95.1 Å². The zero-order valence-electron chi connectivity index (χ0n) is 41.7. The Bertz CT molecular complexity index is 3380. The number of anilines is 2. The molecule has 4 unspecified atom stereocenters. The van der Waals surface area contributed by atoms with Crippen LogP contribution in [0.4, 0.5) is 17.1 Å². The first-order valence-electron chi connectivity index (χ1n) is 26.0. The first-order chi connectivity index (χ1) is 36.6. The zero-order valence-corrected chi connectivity index (χ0v) is 41.7. The van der Waals surface area contributed by atoms with Crippen LogP contribution in [0.5, 0.6) is 0 Å². The molecule has 6 aromatic carbocycles. The Balaban J connectivity index is 0.000000161. The number of carbonyl (C=O) groups is 3. The van der Waals surface area contributed by atoms with Gasteiger partial charge in [0.25, 0.3) is 0 Å². The molecule has 6 aliphatic rings. The molecule has 6 aliphatic heterocycles. The van der Waals surface area contributed by atoms with Crippen molar-refractivity contribution in [1.82, 2.24) is 0 Å². The van der Waals surface area contributed by atoms with Crippen molar-refractivity contribution in [1.29, 1.82) is 15.8 Å². The Kier molecular flexibility index (Phi) is 13.3. The molecular weight excluding hydrogens is 941 g/mol. The number of rotatable bonds is 16. The number of hydrogen-bond acceptors (Lipinski definition) is 10. The van der Waals surface area contributed by atoms with E-state index in [4.69, 9.17) is 25.5 Å². The molecule has 13 heteroatoms. The lowest BCUT2D eigenvalue weighted by Crippen LogP contribution is -2.43. The average Bonchev–Trinajstić information content (AvgIpc) is 4.31. The molecule has 0 aromatic heterocycles. The highest BCUT2D eigenvalue weighted by Gasteiger charge is 2.75. The Morgan fingerprint density at radius 3 is 1.60 bits per heavy atom. The van der Waals surface area contributed by atoms with Crippen molar-refractivity contribution in [2.24, 2.45) is 23.7 Å². The third-order valence-electron chi connectivity index (χ3n) is 17.2. The van der Waals surface area contributed by atoms with Gasteiger partial charge in [0.1, 0.15) is 0 Å². The van der Waals surface area contributed by atoms with Crippen LogP contribution in [0.15, 0.2) is 133 Å². The molecule has 12 rings (SSSR count). The van der Waals surface area contributed by atoms with E-state index in [2.05, 4.69) is 23.1 Å². The summed E-state index contributed by atoms with van der Waals surface area (Å²) in [5.74, 6) is -1.93. The summed E-state index contributed by atoms with van der Waals surface area (Å²) in [5.41, 5.74) is 1.98. The molecule has 8 atom stereocenters. The maximum absolute atomic E-state index is 14.1. The van der Waals surface area contributed by atoms with Crippen molar-refractivity contribution in [2.45, 2.75) is 99.8 Å². The summed E-state index contributed by atoms with van der Waals surface area (Å²) in [6, 6.07) is 49.0. The van der Waals surface area contributed by atoms with Gasteiger partial charge < -0.3 is 23.8 Å². The smallest absolute Gasteiger partial charge is 0.240 e. The summed E-state index contributed by atoms with van der Waals surface area (Å²) < 4.78 is 25.5. The van der Waals surface area contributed by atoms with Crippen molar-refractivity contribution in [2.75, 3.05) is 29.6 Å². The van der Waals surface area contributed by atoms with Gasteiger partial charge in [0.2, 0.25) is 17.7 Å².